The van der Waals surface area contributed by atoms with Gasteiger partial charge in [0.2, 0.25) is 0 Å². The summed E-state index contributed by atoms with van der Waals surface area (Å²) in [6.45, 7) is 2.71. The summed E-state index contributed by atoms with van der Waals surface area (Å²) in [4.78, 5) is 6.47. The van der Waals surface area contributed by atoms with Crippen molar-refractivity contribution in [2.75, 3.05) is 24.5 Å². The van der Waals surface area contributed by atoms with Crippen LogP contribution in [0.25, 0.3) is 0 Å². The minimum Gasteiger partial charge on any atom is -0.353 e. The zero-order chi connectivity index (χ0) is 9.10. The molecule has 1 aromatic rings. The van der Waals surface area contributed by atoms with Crippen molar-refractivity contribution in [3.05, 3.63) is 24.4 Å². The molecule has 1 unspecified atom stereocenters. The lowest BCUT2D eigenvalue weighted by molar-refractivity contribution is 0.549. The van der Waals surface area contributed by atoms with Gasteiger partial charge in [-0.3, -0.25) is 5.32 Å². The molecule has 1 saturated heterocycles. The maximum Gasteiger partial charge on any atom is 0.128 e. The molecule has 2 rings (SSSR count). The second kappa shape index (κ2) is 3.94. The number of nitrogens with one attached hydrogen (secondary N) is 1. The molecule has 0 amide bonds. The molecule has 3 nitrogen and oxygen atoms in total. The molecular weight excluding hydrogens is 186 g/mol. The zero-order valence-electron chi connectivity index (χ0n) is 7.28. The molecule has 0 bridgehead atoms. The maximum atomic E-state index is 5.98. The van der Waals surface area contributed by atoms with Gasteiger partial charge in [-0.2, -0.15) is 0 Å². The van der Waals surface area contributed by atoms with E-state index in [2.05, 4.69) is 15.2 Å². The molecule has 0 saturated carbocycles. The normalized spacial score (nSPS) is 23.2. The van der Waals surface area contributed by atoms with Crippen LogP contribution in [0.2, 0.25) is 0 Å². The average molecular weight is 198 g/mol. The van der Waals surface area contributed by atoms with E-state index in [0.29, 0.717) is 0 Å². The minimum absolute atomic E-state index is 0.0377. The number of rotatable bonds is 1. The number of piperazine rings is 1. The van der Waals surface area contributed by atoms with E-state index in [1.54, 1.807) is 6.20 Å². The fourth-order valence-electron chi connectivity index (χ4n) is 1.45. The Morgan fingerprint density at radius 1 is 1.54 bits per heavy atom. The molecule has 0 aliphatic carbocycles. The Hall–Kier alpha value is -0.800. The van der Waals surface area contributed by atoms with Gasteiger partial charge < -0.3 is 4.90 Å². The van der Waals surface area contributed by atoms with Gasteiger partial charge in [0.05, 0.1) is 0 Å². The van der Waals surface area contributed by atoms with Crippen LogP contribution in [0.15, 0.2) is 24.4 Å². The van der Waals surface area contributed by atoms with Crippen molar-refractivity contribution >= 4 is 17.4 Å². The number of nitrogens with zero attached hydrogens (tertiary/aromatic N) is 2. The second-order valence-electron chi connectivity index (χ2n) is 3.06. The molecule has 70 valence electrons. The van der Waals surface area contributed by atoms with Gasteiger partial charge in [-0.05, 0) is 12.1 Å². The second-order valence-corrected chi connectivity index (χ2v) is 3.58. The summed E-state index contributed by atoms with van der Waals surface area (Å²) in [5, 5.41) is 3.18. The van der Waals surface area contributed by atoms with E-state index in [9.17, 15) is 0 Å². The van der Waals surface area contributed by atoms with Crippen molar-refractivity contribution in [2.24, 2.45) is 0 Å². The van der Waals surface area contributed by atoms with Gasteiger partial charge in [0.1, 0.15) is 11.3 Å². The number of alkyl halides is 1. The van der Waals surface area contributed by atoms with Crippen LogP contribution in [0, 0.1) is 0 Å². The highest BCUT2D eigenvalue weighted by Crippen LogP contribution is 2.12. The molecule has 1 N–H and O–H groups in total. The van der Waals surface area contributed by atoms with Crippen LogP contribution in [0.3, 0.4) is 0 Å². The SMILES string of the molecule is ClC1CN(c2ccccn2)CCN1. The molecule has 13 heavy (non-hydrogen) atoms. The lowest BCUT2D eigenvalue weighted by atomic mass is 10.3. The highest BCUT2D eigenvalue weighted by Gasteiger charge is 2.17. The molecule has 0 aromatic carbocycles. The van der Waals surface area contributed by atoms with Gasteiger partial charge in [0, 0.05) is 25.8 Å². The molecular formula is C9H12ClN3. The van der Waals surface area contributed by atoms with Crippen LogP contribution in [0.4, 0.5) is 5.82 Å². The lowest BCUT2D eigenvalue weighted by Gasteiger charge is -2.31. The standard InChI is InChI=1S/C9H12ClN3/c10-8-7-13(6-5-11-8)9-3-1-2-4-12-9/h1-4,8,11H,5-7H2. The highest BCUT2D eigenvalue weighted by atomic mass is 35.5. The van der Waals surface area contributed by atoms with Gasteiger partial charge in [0.15, 0.2) is 0 Å². The Bertz CT molecular complexity index is 265. The third kappa shape index (κ3) is 2.11. The average Bonchev–Trinajstić information content (AvgIpc) is 2.19. The van der Waals surface area contributed by atoms with E-state index in [0.717, 1.165) is 25.5 Å². The molecule has 1 aliphatic heterocycles. The molecule has 0 radical (unpaired) electrons. The first-order valence-corrected chi connectivity index (χ1v) is 4.83. The predicted octanol–water partition coefficient (Wildman–Crippen LogP) is 1.06. The van der Waals surface area contributed by atoms with E-state index in [4.69, 9.17) is 11.6 Å². The van der Waals surface area contributed by atoms with E-state index in [1.807, 2.05) is 18.2 Å². The van der Waals surface area contributed by atoms with Crippen molar-refractivity contribution in [3.63, 3.8) is 0 Å². The third-order valence-corrected chi connectivity index (χ3v) is 2.39. The van der Waals surface area contributed by atoms with Crippen molar-refractivity contribution in [1.82, 2.24) is 10.3 Å². The third-order valence-electron chi connectivity index (χ3n) is 2.10. The van der Waals surface area contributed by atoms with Gasteiger partial charge in [0.25, 0.3) is 0 Å². The molecule has 4 heteroatoms. The predicted molar refractivity (Wildman–Crippen MR) is 54.1 cm³/mol. The molecule has 1 fully saturated rings. The summed E-state index contributed by atoms with van der Waals surface area (Å²) < 4.78 is 0. The van der Waals surface area contributed by atoms with Crippen LogP contribution < -0.4 is 10.2 Å². The quantitative estimate of drug-likeness (QED) is 0.539. The Morgan fingerprint density at radius 3 is 3.15 bits per heavy atom. The topological polar surface area (TPSA) is 28.2 Å². The Labute approximate surface area is 82.7 Å². The van der Waals surface area contributed by atoms with Gasteiger partial charge in [-0.25, -0.2) is 4.98 Å². The van der Waals surface area contributed by atoms with E-state index in [-0.39, 0.29) is 5.50 Å². The smallest absolute Gasteiger partial charge is 0.128 e. The van der Waals surface area contributed by atoms with Gasteiger partial charge in [-0.15, -0.1) is 11.6 Å². The lowest BCUT2D eigenvalue weighted by Crippen LogP contribution is -2.48. The molecule has 1 atom stereocenters. The van der Waals surface area contributed by atoms with Crippen molar-refractivity contribution in [1.29, 1.82) is 0 Å². The summed E-state index contributed by atoms with van der Waals surface area (Å²) >= 11 is 5.98. The minimum atomic E-state index is 0.0377. The van der Waals surface area contributed by atoms with Crippen LogP contribution in [0.1, 0.15) is 0 Å². The Kier molecular flexibility index (Phi) is 2.66. The van der Waals surface area contributed by atoms with Crippen molar-refractivity contribution in [3.8, 4) is 0 Å². The molecule has 2 heterocycles. The molecule has 0 spiro atoms. The van der Waals surface area contributed by atoms with E-state index >= 15 is 0 Å². The Balaban J connectivity index is 2.08. The van der Waals surface area contributed by atoms with Crippen LogP contribution in [-0.2, 0) is 0 Å². The van der Waals surface area contributed by atoms with E-state index in [1.165, 1.54) is 0 Å². The van der Waals surface area contributed by atoms with Crippen LogP contribution in [-0.4, -0.2) is 30.1 Å². The van der Waals surface area contributed by atoms with Crippen molar-refractivity contribution < 1.29 is 0 Å². The van der Waals surface area contributed by atoms with Crippen LogP contribution in [0.5, 0.6) is 0 Å². The number of halogens is 1. The first-order valence-electron chi connectivity index (χ1n) is 4.40. The maximum absolute atomic E-state index is 5.98. The summed E-state index contributed by atoms with van der Waals surface area (Å²) in [6.07, 6.45) is 1.81. The number of hydrogen-bond donors (Lipinski definition) is 1. The van der Waals surface area contributed by atoms with Crippen molar-refractivity contribution in [2.45, 2.75) is 5.50 Å². The largest absolute Gasteiger partial charge is 0.353 e. The van der Waals surface area contributed by atoms with Crippen LogP contribution >= 0.6 is 11.6 Å². The monoisotopic (exact) mass is 197 g/mol. The number of aromatic nitrogens is 1. The highest BCUT2D eigenvalue weighted by molar-refractivity contribution is 6.20. The fraction of sp³-hybridized carbons (Fsp3) is 0.444. The number of pyridine rings is 1. The fourth-order valence-corrected chi connectivity index (χ4v) is 1.73. The van der Waals surface area contributed by atoms with Gasteiger partial charge in [-0.1, -0.05) is 6.07 Å². The first-order chi connectivity index (χ1) is 6.36. The summed E-state index contributed by atoms with van der Waals surface area (Å²) in [6, 6.07) is 5.92. The summed E-state index contributed by atoms with van der Waals surface area (Å²) in [5.74, 6) is 1.01. The zero-order valence-corrected chi connectivity index (χ0v) is 8.04. The molecule has 1 aromatic heterocycles. The molecule has 1 aliphatic rings. The number of anilines is 1. The van der Waals surface area contributed by atoms with E-state index < -0.39 is 0 Å². The first kappa shape index (κ1) is 8.78. The Morgan fingerprint density at radius 2 is 2.46 bits per heavy atom. The number of hydrogen-bond acceptors (Lipinski definition) is 3. The summed E-state index contributed by atoms with van der Waals surface area (Å²) in [7, 11) is 0. The summed E-state index contributed by atoms with van der Waals surface area (Å²) in [5.41, 5.74) is 0.0377. The van der Waals surface area contributed by atoms with Gasteiger partial charge >= 0.3 is 0 Å².